The first-order chi connectivity index (χ1) is 12.9. The smallest absolute Gasteiger partial charge is 0.377 e. The lowest BCUT2D eigenvalue weighted by Crippen LogP contribution is -2.31. The van der Waals surface area contributed by atoms with Gasteiger partial charge in [0.2, 0.25) is 5.76 Å². The van der Waals surface area contributed by atoms with Gasteiger partial charge in [-0.05, 0) is 0 Å². The van der Waals surface area contributed by atoms with Crippen LogP contribution in [0.2, 0.25) is 0 Å². The number of nitrogens with zero attached hydrogens (tertiary/aromatic N) is 3. The van der Waals surface area contributed by atoms with E-state index in [4.69, 9.17) is 25.5 Å². The van der Waals surface area contributed by atoms with Crippen molar-refractivity contribution in [1.29, 1.82) is 0 Å². The van der Waals surface area contributed by atoms with E-state index in [1.165, 1.54) is 0 Å². The number of hydrogen-bond donors (Lipinski definition) is 5. The number of aromatic hydroxyl groups is 1. The first kappa shape index (κ1) is 22.0. The van der Waals surface area contributed by atoms with E-state index < -0.39 is 73.9 Å². The Labute approximate surface area is 152 Å². The highest BCUT2D eigenvalue weighted by atomic mass is 16.6. The topological polar surface area (TPSA) is 257 Å². The van der Waals surface area contributed by atoms with Gasteiger partial charge in [-0.15, -0.1) is 0 Å². The summed E-state index contributed by atoms with van der Waals surface area (Å²) in [7, 11) is 0. The number of esters is 1. The predicted octanol–water partition coefficient (Wildman–Crippen LogP) is -0.291. The number of cyclic esters (lactones) is 1. The zero-order valence-corrected chi connectivity index (χ0v) is 13.4. The zero-order chi connectivity index (χ0) is 21.8. The molecule has 2 rings (SSSR count). The SMILES string of the molecule is O=C1O[C@H]([C@@H](O)CO)C(O)=C1O.O=[N+]([O-])c1cc([N+](=O)[O-])c(O)c([N+](=O)[O-])c1. The molecule has 16 heteroatoms. The third kappa shape index (κ3) is 4.56. The number of benzene rings is 1. The minimum absolute atomic E-state index is 0.447. The monoisotopic (exact) mass is 405 g/mol. The minimum Gasteiger partial charge on any atom is -0.505 e. The minimum atomic E-state index is -1.42. The molecule has 0 fully saturated rings. The summed E-state index contributed by atoms with van der Waals surface area (Å²) in [6, 6.07) is 0.894. The maximum absolute atomic E-state index is 10.5. The molecule has 1 aromatic carbocycles. The van der Waals surface area contributed by atoms with Gasteiger partial charge in [0.25, 0.3) is 11.4 Å². The van der Waals surface area contributed by atoms with Crippen molar-refractivity contribution < 1.29 is 49.8 Å². The van der Waals surface area contributed by atoms with Gasteiger partial charge in [-0.1, -0.05) is 0 Å². The predicted molar refractivity (Wildman–Crippen MR) is 83.3 cm³/mol. The fraction of sp³-hybridized carbons (Fsp3) is 0.250. The Kier molecular flexibility index (Phi) is 6.72. The van der Waals surface area contributed by atoms with E-state index in [0.29, 0.717) is 12.1 Å². The number of phenolic OH excluding ortho intramolecular Hbond substituents is 1. The highest BCUT2D eigenvalue weighted by Gasteiger charge is 2.38. The highest BCUT2D eigenvalue weighted by molar-refractivity contribution is 5.89. The zero-order valence-electron chi connectivity index (χ0n) is 13.4. The molecule has 0 radical (unpaired) electrons. The van der Waals surface area contributed by atoms with Gasteiger partial charge in [0.15, 0.2) is 11.9 Å². The van der Waals surface area contributed by atoms with Gasteiger partial charge < -0.3 is 30.3 Å². The Balaban J connectivity index is 0.000000292. The van der Waals surface area contributed by atoms with E-state index in [1.807, 2.05) is 0 Å². The van der Waals surface area contributed by atoms with Crippen LogP contribution in [0.4, 0.5) is 17.1 Å². The maximum atomic E-state index is 10.5. The molecule has 1 aliphatic rings. The molecular formula is C12H11N3O13. The van der Waals surface area contributed by atoms with Gasteiger partial charge in [0.1, 0.15) is 6.10 Å². The molecule has 28 heavy (non-hydrogen) atoms. The van der Waals surface area contributed by atoms with E-state index in [1.54, 1.807) is 0 Å². The summed E-state index contributed by atoms with van der Waals surface area (Å²) in [5.41, 5.74) is -3.00. The van der Waals surface area contributed by atoms with Crippen molar-refractivity contribution in [2.24, 2.45) is 0 Å². The molecule has 0 saturated heterocycles. The van der Waals surface area contributed by atoms with Gasteiger partial charge in [0.05, 0.1) is 33.5 Å². The second-order valence-electron chi connectivity index (χ2n) is 4.91. The lowest BCUT2D eigenvalue weighted by atomic mass is 10.2. The Morgan fingerprint density at radius 1 is 1.00 bits per heavy atom. The number of rotatable bonds is 5. The fourth-order valence-electron chi connectivity index (χ4n) is 1.80. The summed E-state index contributed by atoms with van der Waals surface area (Å²) in [5, 5.41) is 75.3. The average Bonchev–Trinajstić information content (AvgIpc) is 2.88. The number of carbonyl (C=O) groups excluding carboxylic acids is 1. The van der Waals surface area contributed by atoms with Gasteiger partial charge in [0, 0.05) is 0 Å². The van der Waals surface area contributed by atoms with Crippen molar-refractivity contribution in [3.8, 4) is 5.75 Å². The number of carbonyl (C=O) groups is 1. The number of ether oxygens (including phenoxy) is 1. The molecule has 16 nitrogen and oxygen atoms in total. The normalized spacial score (nSPS) is 16.6. The summed E-state index contributed by atoms with van der Waals surface area (Å²) in [6.07, 6.45) is -2.78. The summed E-state index contributed by atoms with van der Waals surface area (Å²) in [6.45, 7) is -0.671. The molecule has 0 saturated carbocycles. The maximum Gasteiger partial charge on any atom is 0.377 e. The van der Waals surface area contributed by atoms with Crippen molar-refractivity contribution in [2.75, 3.05) is 6.61 Å². The summed E-state index contributed by atoms with van der Waals surface area (Å²) in [5.74, 6) is -3.99. The number of aliphatic hydroxyl groups excluding tert-OH is 4. The molecule has 0 spiro atoms. The number of nitro benzene ring substituents is 3. The van der Waals surface area contributed by atoms with Crippen LogP contribution in [-0.4, -0.2) is 65.1 Å². The van der Waals surface area contributed by atoms with Crippen LogP contribution in [-0.2, 0) is 9.53 Å². The van der Waals surface area contributed by atoms with Crippen LogP contribution in [0.1, 0.15) is 0 Å². The molecule has 0 aliphatic carbocycles. The summed E-state index contributed by atoms with van der Waals surface area (Å²) in [4.78, 5) is 38.3. The lowest BCUT2D eigenvalue weighted by molar-refractivity contribution is -0.404. The second kappa shape index (κ2) is 8.56. The fourth-order valence-corrected chi connectivity index (χ4v) is 1.80. The lowest BCUT2D eigenvalue weighted by Gasteiger charge is -2.13. The highest BCUT2D eigenvalue weighted by Crippen LogP contribution is 2.38. The van der Waals surface area contributed by atoms with Gasteiger partial charge in [-0.2, -0.15) is 0 Å². The van der Waals surface area contributed by atoms with Crippen LogP contribution in [0.25, 0.3) is 0 Å². The van der Waals surface area contributed by atoms with Crippen molar-refractivity contribution >= 4 is 23.0 Å². The van der Waals surface area contributed by atoms with Crippen LogP contribution in [0.15, 0.2) is 23.7 Å². The Hall–Kier alpha value is -4.05. The average molecular weight is 405 g/mol. The molecule has 1 aliphatic heterocycles. The van der Waals surface area contributed by atoms with Crippen LogP contribution >= 0.6 is 0 Å². The molecule has 0 aromatic heterocycles. The van der Waals surface area contributed by atoms with Crippen molar-refractivity contribution in [1.82, 2.24) is 0 Å². The van der Waals surface area contributed by atoms with Crippen molar-refractivity contribution in [2.45, 2.75) is 12.2 Å². The standard InChI is InChI=1S/C6H3N3O7.C6H8O6/c10-6-4(8(13)14)1-3(7(11)12)2-5(6)9(15)16;7-1-2(8)5-3(9)4(10)6(11)12-5/h1-2,10H;2,5,7-10H,1H2/t;2-,5+/m.0/s1. The molecule has 5 N–H and O–H groups in total. The van der Waals surface area contributed by atoms with Crippen LogP contribution in [0.3, 0.4) is 0 Å². The van der Waals surface area contributed by atoms with Crippen LogP contribution in [0.5, 0.6) is 5.75 Å². The van der Waals surface area contributed by atoms with E-state index in [9.17, 15) is 35.1 Å². The molecule has 0 unspecified atom stereocenters. The molecule has 152 valence electrons. The third-order valence-electron chi connectivity index (χ3n) is 3.13. The Morgan fingerprint density at radius 3 is 1.75 bits per heavy atom. The van der Waals surface area contributed by atoms with E-state index in [-0.39, 0.29) is 0 Å². The molecule has 0 bridgehead atoms. The third-order valence-corrected chi connectivity index (χ3v) is 3.13. The van der Waals surface area contributed by atoms with Gasteiger partial charge >= 0.3 is 17.3 Å². The second-order valence-corrected chi connectivity index (χ2v) is 4.91. The van der Waals surface area contributed by atoms with E-state index >= 15 is 0 Å². The van der Waals surface area contributed by atoms with E-state index in [2.05, 4.69) is 4.74 Å². The first-order valence-corrected chi connectivity index (χ1v) is 6.84. The van der Waals surface area contributed by atoms with Crippen LogP contribution < -0.4 is 0 Å². The Morgan fingerprint density at radius 2 is 1.46 bits per heavy atom. The number of aliphatic hydroxyl groups is 4. The summed E-state index contributed by atoms with van der Waals surface area (Å²) < 4.78 is 4.32. The number of non-ortho nitro benzene ring substituents is 1. The molecule has 1 aromatic rings. The quantitative estimate of drug-likeness (QED) is 0.240. The van der Waals surface area contributed by atoms with Gasteiger partial charge in [-0.25, -0.2) is 4.79 Å². The van der Waals surface area contributed by atoms with E-state index in [0.717, 1.165) is 0 Å². The molecule has 2 atom stereocenters. The summed E-state index contributed by atoms with van der Waals surface area (Å²) >= 11 is 0. The van der Waals surface area contributed by atoms with Crippen molar-refractivity contribution in [3.63, 3.8) is 0 Å². The molecular weight excluding hydrogens is 394 g/mol. The van der Waals surface area contributed by atoms with Crippen molar-refractivity contribution in [3.05, 3.63) is 54.0 Å². The molecule has 1 heterocycles. The molecule has 0 amide bonds. The number of phenols is 1. The first-order valence-electron chi connectivity index (χ1n) is 6.84. The Bertz CT molecular complexity index is 829. The number of hydrogen-bond acceptors (Lipinski definition) is 13. The van der Waals surface area contributed by atoms with Crippen LogP contribution in [0, 0.1) is 30.3 Å². The number of nitro groups is 3. The van der Waals surface area contributed by atoms with Gasteiger partial charge in [-0.3, -0.25) is 30.3 Å². The largest absolute Gasteiger partial charge is 0.505 e.